The van der Waals surface area contributed by atoms with Crippen LogP contribution in [0.2, 0.25) is 5.02 Å². The topological polar surface area (TPSA) is 38.5 Å². The van der Waals surface area contributed by atoms with Crippen molar-refractivity contribution in [1.82, 2.24) is 4.90 Å². The lowest BCUT2D eigenvalue weighted by atomic mass is 10.2. The third-order valence-corrected chi connectivity index (χ3v) is 3.70. The van der Waals surface area contributed by atoms with Crippen LogP contribution in [0.1, 0.15) is 10.9 Å². The molecule has 0 amide bonds. The van der Waals surface area contributed by atoms with Crippen LogP contribution in [0.5, 0.6) is 0 Å². The van der Waals surface area contributed by atoms with E-state index in [0.717, 1.165) is 11.6 Å². The zero-order valence-corrected chi connectivity index (χ0v) is 10.6. The van der Waals surface area contributed by atoms with Crippen molar-refractivity contribution in [3.63, 3.8) is 0 Å². The summed E-state index contributed by atoms with van der Waals surface area (Å²) >= 11 is 7.55. The molecule has 86 valence electrons. The Balaban J connectivity index is 2.62. The number of hydrogen-bond donors (Lipinski definition) is 1. The standard InChI is InChI=1S/C10H17ClN2OS/c1-13(3-4-14-2)9(6-12)10-5-8(11)7-15-10/h5,7,9H,3-4,6,12H2,1-2H3. The highest BCUT2D eigenvalue weighted by Gasteiger charge is 2.16. The minimum atomic E-state index is 0.234. The Hall–Kier alpha value is -0.130. The van der Waals surface area contributed by atoms with Crippen LogP contribution in [0, 0.1) is 0 Å². The second kappa shape index (κ2) is 6.45. The first-order valence-electron chi connectivity index (χ1n) is 4.82. The highest BCUT2D eigenvalue weighted by molar-refractivity contribution is 7.10. The van der Waals surface area contributed by atoms with Gasteiger partial charge in [-0.05, 0) is 13.1 Å². The molecule has 0 aliphatic heterocycles. The Morgan fingerprint density at radius 2 is 2.40 bits per heavy atom. The molecule has 0 spiro atoms. The predicted octanol–water partition coefficient (Wildman–Crippen LogP) is 1.98. The van der Waals surface area contributed by atoms with Gasteiger partial charge in [-0.15, -0.1) is 11.3 Å². The first kappa shape index (κ1) is 12.9. The van der Waals surface area contributed by atoms with Gasteiger partial charge >= 0.3 is 0 Å². The second-order valence-corrected chi connectivity index (χ2v) is 4.77. The van der Waals surface area contributed by atoms with Gasteiger partial charge in [-0.1, -0.05) is 11.6 Å². The van der Waals surface area contributed by atoms with Crippen LogP contribution < -0.4 is 5.73 Å². The average Bonchev–Trinajstić information content (AvgIpc) is 2.63. The van der Waals surface area contributed by atoms with E-state index in [4.69, 9.17) is 22.1 Å². The number of nitrogens with two attached hydrogens (primary N) is 1. The summed E-state index contributed by atoms with van der Waals surface area (Å²) < 4.78 is 5.04. The van der Waals surface area contributed by atoms with Crippen molar-refractivity contribution in [3.05, 3.63) is 21.3 Å². The molecule has 0 fully saturated rings. The van der Waals surface area contributed by atoms with Crippen molar-refractivity contribution < 1.29 is 4.74 Å². The number of halogens is 1. The largest absolute Gasteiger partial charge is 0.383 e. The minimum absolute atomic E-state index is 0.234. The van der Waals surface area contributed by atoms with E-state index in [2.05, 4.69) is 4.90 Å². The maximum Gasteiger partial charge on any atom is 0.0589 e. The Morgan fingerprint density at radius 1 is 1.67 bits per heavy atom. The summed E-state index contributed by atoms with van der Waals surface area (Å²) in [6, 6.07) is 2.21. The molecule has 0 aromatic carbocycles. The first-order chi connectivity index (χ1) is 7.19. The van der Waals surface area contributed by atoms with Crippen LogP contribution in [0.15, 0.2) is 11.4 Å². The maximum atomic E-state index is 5.90. The van der Waals surface area contributed by atoms with Crippen molar-refractivity contribution in [2.24, 2.45) is 5.73 Å². The number of ether oxygens (including phenoxy) is 1. The fraction of sp³-hybridized carbons (Fsp3) is 0.600. The first-order valence-corrected chi connectivity index (χ1v) is 6.08. The lowest BCUT2D eigenvalue weighted by Crippen LogP contribution is -2.32. The quantitative estimate of drug-likeness (QED) is 0.837. The zero-order chi connectivity index (χ0) is 11.3. The highest BCUT2D eigenvalue weighted by Crippen LogP contribution is 2.27. The number of hydrogen-bond acceptors (Lipinski definition) is 4. The molecule has 0 aliphatic carbocycles. The Morgan fingerprint density at radius 3 is 2.87 bits per heavy atom. The van der Waals surface area contributed by atoms with Gasteiger partial charge in [0.2, 0.25) is 0 Å². The zero-order valence-electron chi connectivity index (χ0n) is 9.07. The van der Waals surface area contributed by atoms with Crippen molar-refractivity contribution in [3.8, 4) is 0 Å². The monoisotopic (exact) mass is 248 g/mol. The van der Waals surface area contributed by atoms with Crippen LogP contribution in [0.4, 0.5) is 0 Å². The molecule has 0 radical (unpaired) electrons. The van der Waals surface area contributed by atoms with Gasteiger partial charge in [-0.3, -0.25) is 4.90 Å². The lowest BCUT2D eigenvalue weighted by molar-refractivity contribution is 0.141. The molecule has 1 atom stereocenters. The highest BCUT2D eigenvalue weighted by atomic mass is 35.5. The van der Waals surface area contributed by atoms with Crippen molar-refractivity contribution in [2.75, 3.05) is 33.9 Å². The molecule has 0 saturated heterocycles. The molecule has 5 heteroatoms. The summed E-state index contributed by atoms with van der Waals surface area (Å²) in [5.41, 5.74) is 5.77. The smallest absolute Gasteiger partial charge is 0.0589 e. The molecule has 1 unspecified atom stereocenters. The van der Waals surface area contributed by atoms with E-state index in [0.29, 0.717) is 13.2 Å². The second-order valence-electron chi connectivity index (χ2n) is 3.39. The number of likely N-dealkylation sites (N-methyl/N-ethyl adjacent to an activating group) is 1. The summed E-state index contributed by atoms with van der Waals surface area (Å²) in [5, 5.41) is 2.72. The SMILES string of the molecule is COCCN(C)C(CN)c1cc(Cl)cs1. The van der Waals surface area contributed by atoms with Crippen LogP contribution >= 0.6 is 22.9 Å². The third kappa shape index (κ3) is 3.74. The summed E-state index contributed by atoms with van der Waals surface area (Å²) in [5.74, 6) is 0. The minimum Gasteiger partial charge on any atom is -0.383 e. The molecular formula is C10H17ClN2OS. The van der Waals surface area contributed by atoms with Crippen LogP contribution in [-0.2, 0) is 4.74 Å². The van der Waals surface area contributed by atoms with Gasteiger partial charge in [-0.2, -0.15) is 0 Å². The van der Waals surface area contributed by atoms with Gasteiger partial charge in [0.05, 0.1) is 17.7 Å². The summed E-state index contributed by atoms with van der Waals surface area (Å²) in [6.07, 6.45) is 0. The molecule has 0 saturated carbocycles. The van der Waals surface area contributed by atoms with E-state index < -0.39 is 0 Å². The summed E-state index contributed by atoms with van der Waals surface area (Å²) in [4.78, 5) is 3.40. The van der Waals surface area contributed by atoms with Crippen LogP contribution in [-0.4, -0.2) is 38.8 Å². The normalized spacial score (nSPS) is 13.4. The van der Waals surface area contributed by atoms with Gasteiger partial charge in [0, 0.05) is 30.5 Å². The van der Waals surface area contributed by atoms with E-state index in [-0.39, 0.29) is 6.04 Å². The molecule has 0 aliphatic rings. The number of rotatable bonds is 6. The lowest BCUT2D eigenvalue weighted by Gasteiger charge is -2.25. The summed E-state index contributed by atoms with van der Waals surface area (Å²) in [6.45, 7) is 2.18. The Kier molecular flexibility index (Phi) is 5.56. The summed E-state index contributed by atoms with van der Waals surface area (Å²) in [7, 11) is 3.75. The molecule has 1 aromatic heterocycles. The van der Waals surface area contributed by atoms with E-state index in [1.807, 2.05) is 18.5 Å². The number of nitrogens with zero attached hydrogens (tertiary/aromatic N) is 1. The number of thiophene rings is 1. The van der Waals surface area contributed by atoms with Gasteiger partial charge in [0.25, 0.3) is 0 Å². The average molecular weight is 249 g/mol. The molecule has 3 nitrogen and oxygen atoms in total. The maximum absolute atomic E-state index is 5.90. The third-order valence-electron chi connectivity index (χ3n) is 2.32. The van der Waals surface area contributed by atoms with Crippen molar-refractivity contribution in [1.29, 1.82) is 0 Å². The van der Waals surface area contributed by atoms with Crippen LogP contribution in [0.3, 0.4) is 0 Å². The molecule has 15 heavy (non-hydrogen) atoms. The van der Waals surface area contributed by atoms with Crippen LogP contribution in [0.25, 0.3) is 0 Å². The molecule has 0 bridgehead atoms. The number of methoxy groups -OCH3 is 1. The van der Waals surface area contributed by atoms with E-state index in [1.54, 1.807) is 18.4 Å². The van der Waals surface area contributed by atoms with Crippen molar-refractivity contribution in [2.45, 2.75) is 6.04 Å². The molecule has 1 aromatic rings. The Bertz CT molecular complexity index is 293. The molecular weight excluding hydrogens is 232 g/mol. The van der Waals surface area contributed by atoms with E-state index in [9.17, 15) is 0 Å². The fourth-order valence-electron chi connectivity index (χ4n) is 1.41. The van der Waals surface area contributed by atoms with Gasteiger partial charge in [0.15, 0.2) is 0 Å². The fourth-order valence-corrected chi connectivity index (χ4v) is 2.67. The van der Waals surface area contributed by atoms with Gasteiger partial charge < -0.3 is 10.5 Å². The van der Waals surface area contributed by atoms with Gasteiger partial charge in [0.1, 0.15) is 0 Å². The van der Waals surface area contributed by atoms with Crippen molar-refractivity contribution >= 4 is 22.9 Å². The van der Waals surface area contributed by atoms with Gasteiger partial charge in [-0.25, -0.2) is 0 Å². The van der Waals surface area contributed by atoms with E-state index >= 15 is 0 Å². The molecule has 2 N–H and O–H groups in total. The predicted molar refractivity (Wildman–Crippen MR) is 65.6 cm³/mol. The molecule has 1 rings (SSSR count). The van der Waals surface area contributed by atoms with E-state index in [1.165, 1.54) is 4.88 Å². The molecule has 1 heterocycles. The Labute approximate surface area is 99.8 Å².